The van der Waals surface area contributed by atoms with Crippen LogP contribution in [0.4, 0.5) is 0 Å². The number of aromatic nitrogens is 2. The Balaban J connectivity index is 1.80. The lowest BCUT2D eigenvalue weighted by Gasteiger charge is -2.17. The molecule has 2 heterocycles. The van der Waals surface area contributed by atoms with Crippen molar-refractivity contribution in [1.82, 2.24) is 9.66 Å². The molecule has 0 saturated heterocycles. The van der Waals surface area contributed by atoms with Crippen LogP contribution in [-0.2, 0) is 0 Å². The molecular weight excluding hydrogens is 368 g/mol. The van der Waals surface area contributed by atoms with E-state index in [9.17, 15) is 0 Å². The molecule has 1 aliphatic carbocycles. The summed E-state index contributed by atoms with van der Waals surface area (Å²) in [6, 6.07) is 12.3. The highest BCUT2D eigenvalue weighted by Gasteiger charge is 2.15. The molecule has 0 aliphatic heterocycles. The Hall–Kier alpha value is -2.73. The Labute approximate surface area is 169 Å². The highest BCUT2D eigenvalue weighted by atomic mass is 32.1. The van der Waals surface area contributed by atoms with E-state index in [1.54, 1.807) is 30.8 Å². The van der Waals surface area contributed by atoms with Gasteiger partial charge >= 0.3 is 0 Å². The average Bonchev–Trinajstić information content (AvgIpc) is 3.15. The number of pyridine rings is 1. The van der Waals surface area contributed by atoms with Gasteiger partial charge in [0.05, 0.1) is 25.1 Å². The van der Waals surface area contributed by atoms with Gasteiger partial charge in [-0.05, 0) is 31.0 Å². The van der Waals surface area contributed by atoms with Crippen LogP contribution in [0.25, 0.3) is 11.3 Å². The molecule has 1 fully saturated rings. The fourth-order valence-electron chi connectivity index (χ4n) is 3.48. The normalized spacial score (nSPS) is 16.0. The first kappa shape index (κ1) is 18.6. The predicted molar refractivity (Wildman–Crippen MR) is 114 cm³/mol. The van der Waals surface area contributed by atoms with Gasteiger partial charge in [-0.2, -0.15) is 5.10 Å². The standard InChI is InChI=1S/C22H24N4OS/c1-27-21-12-6-5-11-19(21)20-16-28-22(25-18-9-3-2-4-10-18)26(20)24-15-17-8-7-13-23-14-17/h5-8,11-16,18H,2-4,9-10H2,1H3. The first-order chi connectivity index (χ1) is 13.8. The Kier molecular flexibility index (Phi) is 5.97. The molecule has 5 nitrogen and oxygen atoms in total. The molecule has 0 atom stereocenters. The van der Waals surface area contributed by atoms with Gasteiger partial charge in [-0.15, -0.1) is 11.3 Å². The Bertz CT molecular complexity index is 1000. The number of methoxy groups -OCH3 is 1. The van der Waals surface area contributed by atoms with Crippen molar-refractivity contribution in [2.75, 3.05) is 7.11 Å². The van der Waals surface area contributed by atoms with Crippen molar-refractivity contribution >= 4 is 17.6 Å². The van der Waals surface area contributed by atoms with Crippen molar-refractivity contribution < 1.29 is 4.74 Å². The SMILES string of the molecule is COc1ccccc1-c1csc(=NC2CCCCC2)n1N=Cc1cccnc1. The van der Waals surface area contributed by atoms with Crippen LogP contribution >= 0.6 is 11.3 Å². The molecule has 0 bridgehead atoms. The van der Waals surface area contributed by atoms with E-state index in [0.717, 1.165) is 40.2 Å². The predicted octanol–water partition coefficient (Wildman–Crippen LogP) is 4.74. The van der Waals surface area contributed by atoms with E-state index in [0.29, 0.717) is 6.04 Å². The minimum absolute atomic E-state index is 0.387. The number of rotatable bonds is 5. The summed E-state index contributed by atoms with van der Waals surface area (Å²) in [7, 11) is 1.70. The molecule has 3 aromatic rings. The molecule has 0 amide bonds. The van der Waals surface area contributed by atoms with E-state index >= 15 is 0 Å². The van der Waals surface area contributed by atoms with Crippen LogP contribution in [0.15, 0.2) is 64.3 Å². The van der Waals surface area contributed by atoms with E-state index in [1.165, 1.54) is 19.3 Å². The minimum atomic E-state index is 0.387. The summed E-state index contributed by atoms with van der Waals surface area (Å²) < 4.78 is 7.51. The van der Waals surface area contributed by atoms with Gasteiger partial charge in [-0.25, -0.2) is 4.68 Å². The van der Waals surface area contributed by atoms with Crippen LogP contribution in [0, 0.1) is 0 Å². The fraction of sp³-hybridized carbons (Fsp3) is 0.318. The average molecular weight is 393 g/mol. The van der Waals surface area contributed by atoms with Crippen LogP contribution in [-0.4, -0.2) is 29.0 Å². The topological polar surface area (TPSA) is 51.8 Å². The molecule has 0 unspecified atom stereocenters. The highest BCUT2D eigenvalue weighted by Crippen LogP contribution is 2.30. The summed E-state index contributed by atoms with van der Waals surface area (Å²) >= 11 is 1.63. The number of ether oxygens (including phenoxy) is 1. The van der Waals surface area contributed by atoms with Crippen molar-refractivity contribution in [3.63, 3.8) is 0 Å². The summed E-state index contributed by atoms with van der Waals surface area (Å²) in [6.07, 6.45) is 11.6. The van der Waals surface area contributed by atoms with Crippen molar-refractivity contribution in [3.05, 3.63) is 64.5 Å². The van der Waals surface area contributed by atoms with E-state index in [4.69, 9.17) is 14.8 Å². The lowest BCUT2D eigenvalue weighted by molar-refractivity contribution is 0.416. The van der Waals surface area contributed by atoms with Gasteiger partial charge in [0.1, 0.15) is 5.75 Å². The molecule has 1 saturated carbocycles. The molecule has 28 heavy (non-hydrogen) atoms. The molecule has 144 valence electrons. The molecular formula is C22H24N4OS. The summed E-state index contributed by atoms with van der Waals surface area (Å²) in [5, 5.41) is 6.88. The molecule has 1 aliphatic rings. The van der Waals surface area contributed by atoms with Gasteiger partial charge in [-0.3, -0.25) is 9.98 Å². The minimum Gasteiger partial charge on any atom is -0.496 e. The lowest BCUT2D eigenvalue weighted by Crippen LogP contribution is -2.19. The van der Waals surface area contributed by atoms with E-state index in [2.05, 4.69) is 16.4 Å². The second-order valence-corrected chi connectivity index (χ2v) is 7.70. The van der Waals surface area contributed by atoms with Crippen molar-refractivity contribution in [2.24, 2.45) is 10.1 Å². The van der Waals surface area contributed by atoms with Crippen molar-refractivity contribution in [3.8, 4) is 17.0 Å². The van der Waals surface area contributed by atoms with Crippen LogP contribution in [0.3, 0.4) is 0 Å². The molecule has 6 heteroatoms. The molecule has 0 spiro atoms. The maximum atomic E-state index is 5.58. The van der Waals surface area contributed by atoms with Crippen LogP contribution in [0.1, 0.15) is 37.7 Å². The monoisotopic (exact) mass is 392 g/mol. The van der Waals surface area contributed by atoms with Crippen LogP contribution in [0.2, 0.25) is 0 Å². The first-order valence-electron chi connectivity index (χ1n) is 9.67. The summed E-state index contributed by atoms with van der Waals surface area (Å²) in [5.74, 6) is 0.829. The van der Waals surface area contributed by atoms with E-state index in [1.807, 2.05) is 41.2 Å². The number of thiazole rings is 1. The molecule has 2 aromatic heterocycles. The molecule has 0 N–H and O–H groups in total. The van der Waals surface area contributed by atoms with Gasteiger partial charge in [0.25, 0.3) is 0 Å². The first-order valence-corrected chi connectivity index (χ1v) is 10.6. The Morgan fingerprint density at radius 3 is 2.79 bits per heavy atom. The molecule has 1 aromatic carbocycles. The number of benzene rings is 1. The zero-order valence-electron chi connectivity index (χ0n) is 16.0. The third-order valence-corrected chi connectivity index (χ3v) is 5.77. The van der Waals surface area contributed by atoms with Gasteiger partial charge < -0.3 is 4.74 Å². The van der Waals surface area contributed by atoms with Crippen LogP contribution < -0.4 is 9.54 Å². The third-order valence-electron chi connectivity index (χ3n) is 4.94. The zero-order chi connectivity index (χ0) is 19.2. The lowest BCUT2D eigenvalue weighted by atomic mass is 9.96. The summed E-state index contributed by atoms with van der Waals surface area (Å²) in [6.45, 7) is 0. The number of hydrogen-bond acceptors (Lipinski definition) is 5. The second kappa shape index (κ2) is 8.97. The van der Waals surface area contributed by atoms with E-state index in [-0.39, 0.29) is 0 Å². The van der Waals surface area contributed by atoms with Gasteiger partial charge in [0, 0.05) is 28.9 Å². The Morgan fingerprint density at radius 2 is 2.00 bits per heavy atom. The summed E-state index contributed by atoms with van der Waals surface area (Å²) in [4.78, 5) is 10.1. The van der Waals surface area contributed by atoms with Crippen LogP contribution in [0.5, 0.6) is 5.75 Å². The number of hydrogen-bond donors (Lipinski definition) is 0. The number of nitrogens with zero attached hydrogens (tertiary/aromatic N) is 4. The van der Waals surface area contributed by atoms with E-state index < -0.39 is 0 Å². The summed E-state index contributed by atoms with van der Waals surface area (Å²) in [5.41, 5.74) is 2.95. The maximum absolute atomic E-state index is 5.58. The quantitative estimate of drug-likeness (QED) is 0.589. The van der Waals surface area contributed by atoms with Gasteiger partial charge in [0.2, 0.25) is 4.80 Å². The zero-order valence-corrected chi connectivity index (χ0v) is 16.8. The number of para-hydroxylation sites is 1. The largest absolute Gasteiger partial charge is 0.496 e. The fourth-order valence-corrected chi connectivity index (χ4v) is 4.38. The van der Waals surface area contributed by atoms with Crippen molar-refractivity contribution in [1.29, 1.82) is 0 Å². The second-order valence-electron chi connectivity index (χ2n) is 6.87. The van der Waals surface area contributed by atoms with Crippen molar-refractivity contribution in [2.45, 2.75) is 38.1 Å². The third kappa shape index (κ3) is 4.22. The van der Waals surface area contributed by atoms with Gasteiger partial charge in [0.15, 0.2) is 0 Å². The van der Waals surface area contributed by atoms with Gasteiger partial charge in [-0.1, -0.05) is 37.5 Å². The highest BCUT2D eigenvalue weighted by molar-refractivity contribution is 7.07. The molecule has 4 rings (SSSR count). The molecule has 0 radical (unpaired) electrons. The smallest absolute Gasteiger partial charge is 0.206 e. The maximum Gasteiger partial charge on any atom is 0.206 e. The Morgan fingerprint density at radius 1 is 1.14 bits per heavy atom.